The first kappa shape index (κ1) is 17.9. The van der Waals surface area contributed by atoms with Crippen molar-refractivity contribution in [2.75, 3.05) is 13.7 Å². The van der Waals surface area contributed by atoms with Crippen molar-refractivity contribution in [2.45, 2.75) is 25.0 Å². The van der Waals surface area contributed by atoms with Crippen molar-refractivity contribution >= 4 is 12.1 Å². The number of carbonyl (C=O) groups excluding carboxylic acids is 2. The minimum Gasteiger partial charge on any atom is -0.467 e. The van der Waals surface area contributed by atoms with Gasteiger partial charge in [0.05, 0.1) is 13.2 Å². The zero-order valence-corrected chi connectivity index (χ0v) is 14.6. The third kappa shape index (κ3) is 3.41. The van der Waals surface area contributed by atoms with Crippen LogP contribution in [0, 0.1) is 0 Å². The molecular weight excluding hydrogens is 334 g/mol. The Bertz CT molecular complexity index is 772. The second-order valence-electron chi connectivity index (χ2n) is 6.21. The molecule has 0 fully saturated rings. The van der Waals surface area contributed by atoms with E-state index in [0.29, 0.717) is 0 Å². The van der Waals surface area contributed by atoms with Crippen LogP contribution in [-0.4, -0.2) is 43.0 Å². The van der Waals surface area contributed by atoms with Crippen molar-refractivity contribution in [3.8, 4) is 11.1 Å². The fourth-order valence-corrected chi connectivity index (χ4v) is 3.27. The highest BCUT2D eigenvalue weighted by atomic mass is 16.6. The van der Waals surface area contributed by atoms with Crippen molar-refractivity contribution in [1.29, 1.82) is 0 Å². The molecule has 26 heavy (non-hydrogen) atoms. The molecule has 0 spiro atoms. The van der Waals surface area contributed by atoms with Gasteiger partial charge < -0.3 is 19.9 Å². The number of aliphatic hydroxyl groups excluding tert-OH is 1. The molecule has 2 atom stereocenters. The summed E-state index contributed by atoms with van der Waals surface area (Å²) < 4.78 is 9.92. The maximum Gasteiger partial charge on any atom is 0.407 e. The predicted octanol–water partition coefficient (Wildman–Crippen LogP) is 2.45. The van der Waals surface area contributed by atoms with Crippen molar-refractivity contribution in [1.82, 2.24) is 5.32 Å². The van der Waals surface area contributed by atoms with Gasteiger partial charge >= 0.3 is 12.1 Å². The highest BCUT2D eigenvalue weighted by molar-refractivity contribution is 5.82. The lowest BCUT2D eigenvalue weighted by atomic mass is 9.98. The molecule has 0 saturated carbocycles. The molecule has 0 unspecified atom stereocenters. The van der Waals surface area contributed by atoms with Gasteiger partial charge in [0.25, 0.3) is 0 Å². The Balaban J connectivity index is 1.72. The van der Waals surface area contributed by atoms with Gasteiger partial charge in [-0.3, -0.25) is 0 Å². The zero-order valence-electron chi connectivity index (χ0n) is 14.6. The second-order valence-corrected chi connectivity index (χ2v) is 6.21. The lowest BCUT2D eigenvalue weighted by molar-refractivity contribution is -0.145. The third-order valence-corrected chi connectivity index (χ3v) is 4.55. The molecule has 6 nitrogen and oxygen atoms in total. The van der Waals surface area contributed by atoms with E-state index in [2.05, 4.69) is 22.2 Å². The van der Waals surface area contributed by atoms with Gasteiger partial charge in [-0.25, -0.2) is 9.59 Å². The zero-order chi connectivity index (χ0) is 18.7. The first-order chi connectivity index (χ1) is 12.5. The number of hydrogen-bond donors (Lipinski definition) is 2. The number of ether oxygens (including phenoxy) is 2. The molecule has 136 valence electrons. The van der Waals surface area contributed by atoms with E-state index in [1.165, 1.54) is 14.0 Å². The molecule has 2 aromatic carbocycles. The molecule has 3 rings (SSSR count). The molecule has 2 aromatic rings. The SMILES string of the molecule is COC(=O)[C@@H](NC(=O)OCC1c2ccccc2-c2ccccc21)[C@@H](C)O. The number of nitrogens with one attached hydrogen (secondary N) is 1. The van der Waals surface area contributed by atoms with Crippen LogP contribution in [0.2, 0.25) is 0 Å². The van der Waals surface area contributed by atoms with Gasteiger partial charge in [0.1, 0.15) is 6.61 Å². The number of hydrogen-bond acceptors (Lipinski definition) is 5. The van der Waals surface area contributed by atoms with E-state index in [0.717, 1.165) is 22.3 Å². The minimum absolute atomic E-state index is 0.0729. The van der Waals surface area contributed by atoms with E-state index >= 15 is 0 Å². The van der Waals surface area contributed by atoms with E-state index in [4.69, 9.17) is 4.74 Å². The van der Waals surface area contributed by atoms with Crippen LogP contribution >= 0.6 is 0 Å². The lowest BCUT2D eigenvalue weighted by Gasteiger charge is -2.20. The lowest BCUT2D eigenvalue weighted by Crippen LogP contribution is -2.48. The maximum atomic E-state index is 12.1. The van der Waals surface area contributed by atoms with Crippen LogP contribution in [0.15, 0.2) is 48.5 Å². The third-order valence-electron chi connectivity index (χ3n) is 4.55. The molecule has 1 aliphatic carbocycles. The normalized spacial score (nSPS) is 14.7. The number of amides is 1. The quantitative estimate of drug-likeness (QED) is 0.805. The smallest absolute Gasteiger partial charge is 0.407 e. The van der Waals surface area contributed by atoms with Gasteiger partial charge in [0, 0.05) is 5.92 Å². The Hall–Kier alpha value is -2.86. The number of methoxy groups -OCH3 is 1. The molecule has 0 bridgehead atoms. The average Bonchev–Trinajstić information content (AvgIpc) is 2.97. The van der Waals surface area contributed by atoms with Crippen molar-refractivity contribution in [3.05, 3.63) is 59.7 Å². The Morgan fingerprint density at radius 1 is 1.08 bits per heavy atom. The topological polar surface area (TPSA) is 84.9 Å². The number of carbonyl (C=O) groups is 2. The highest BCUT2D eigenvalue weighted by Crippen LogP contribution is 2.44. The summed E-state index contributed by atoms with van der Waals surface area (Å²) in [4.78, 5) is 23.7. The molecule has 1 aliphatic rings. The van der Waals surface area contributed by atoms with Crippen LogP contribution in [0.25, 0.3) is 11.1 Å². The molecule has 0 aliphatic heterocycles. The summed E-state index contributed by atoms with van der Waals surface area (Å²) >= 11 is 0. The number of rotatable bonds is 5. The molecule has 6 heteroatoms. The van der Waals surface area contributed by atoms with Gasteiger partial charge in [0.15, 0.2) is 6.04 Å². The van der Waals surface area contributed by atoms with Gasteiger partial charge in [-0.1, -0.05) is 48.5 Å². The monoisotopic (exact) mass is 355 g/mol. The number of aliphatic hydroxyl groups is 1. The Morgan fingerprint density at radius 2 is 1.62 bits per heavy atom. The summed E-state index contributed by atoms with van der Waals surface area (Å²) in [6, 6.07) is 14.9. The maximum absolute atomic E-state index is 12.1. The van der Waals surface area contributed by atoms with Crippen molar-refractivity contribution in [3.63, 3.8) is 0 Å². The van der Waals surface area contributed by atoms with Crippen LogP contribution < -0.4 is 5.32 Å². The predicted molar refractivity (Wildman–Crippen MR) is 95.7 cm³/mol. The minimum atomic E-state index is -1.17. The summed E-state index contributed by atoms with van der Waals surface area (Å²) in [5.74, 6) is -0.801. The van der Waals surface area contributed by atoms with Crippen molar-refractivity contribution in [2.24, 2.45) is 0 Å². The van der Waals surface area contributed by atoms with Gasteiger partial charge in [0.2, 0.25) is 0 Å². The number of benzene rings is 2. The molecule has 0 saturated heterocycles. The Labute approximate surface area is 151 Å². The molecular formula is C20H21NO5. The number of alkyl carbamates (subject to hydrolysis) is 1. The van der Waals surface area contributed by atoms with E-state index in [1.807, 2.05) is 36.4 Å². The van der Waals surface area contributed by atoms with Crippen LogP contribution in [0.5, 0.6) is 0 Å². The summed E-state index contributed by atoms with van der Waals surface area (Å²) in [7, 11) is 1.19. The molecule has 0 heterocycles. The highest BCUT2D eigenvalue weighted by Gasteiger charge is 2.31. The van der Waals surface area contributed by atoms with E-state index in [1.54, 1.807) is 0 Å². The van der Waals surface area contributed by atoms with Crippen molar-refractivity contribution < 1.29 is 24.2 Å². The molecule has 1 amide bonds. The first-order valence-electron chi connectivity index (χ1n) is 8.40. The summed E-state index contributed by atoms with van der Waals surface area (Å²) in [5, 5.41) is 12.0. The standard InChI is InChI=1S/C20H21NO5/c1-12(22)18(19(23)25-2)21-20(24)26-11-17-15-9-5-3-7-13(15)14-8-4-6-10-16(14)17/h3-10,12,17-18,22H,11H2,1-2H3,(H,21,24)/t12-,18+/m1/s1. The van der Waals surface area contributed by atoms with Crippen LogP contribution in [0.3, 0.4) is 0 Å². The van der Waals surface area contributed by atoms with Gasteiger partial charge in [-0.05, 0) is 29.2 Å². The first-order valence-corrected chi connectivity index (χ1v) is 8.40. The van der Waals surface area contributed by atoms with E-state index in [-0.39, 0.29) is 12.5 Å². The number of esters is 1. The fraction of sp³-hybridized carbons (Fsp3) is 0.300. The van der Waals surface area contributed by atoms with Gasteiger partial charge in [-0.2, -0.15) is 0 Å². The fourth-order valence-electron chi connectivity index (χ4n) is 3.27. The summed E-state index contributed by atoms with van der Waals surface area (Å²) in [5.41, 5.74) is 4.46. The van der Waals surface area contributed by atoms with E-state index in [9.17, 15) is 14.7 Å². The Morgan fingerprint density at radius 3 is 2.12 bits per heavy atom. The summed E-state index contributed by atoms with van der Waals surface area (Å²) in [6.45, 7) is 1.53. The second kappa shape index (κ2) is 7.58. The average molecular weight is 355 g/mol. The molecule has 0 radical (unpaired) electrons. The van der Waals surface area contributed by atoms with Gasteiger partial charge in [-0.15, -0.1) is 0 Å². The van der Waals surface area contributed by atoms with Crippen LogP contribution in [0.1, 0.15) is 24.0 Å². The molecule has 0 aromatic heterocycles. The van der Waals surface area contributed by atoms with E-state index < -0.39 is 24.2 Å². The van der Waals surface area contributed by atoms with Crippen LogP contribution in [0.4, 0.5) is 4.79 Å². The Kier molecular flexibility index (Phi) is 5.23. The number of fused-ring (bicyclic) bond motifs is 3. The largest absolute Gasteiger partial charge is 0.467 e. The molecule has 2 N–H and O–H groups in total. The summed E-state index contributed by atoms with van der Waals surface area (Å²) in [6.07, 6.45) is -1.87. The van der Waals surface area contributed by atoms with Crippen LogP contribution in [-0.2, 0) is 14.3 Å².